The number of nitrogens with one attached hydrogen (secondary N) is 1. The molecule has 0 amide bonds. The molecular formula is C14H24N4O. The Bertz CT molecular complexity index is 385. The van der Waals surface area contributed by atoms with E-state index in [9.17, 15) is 0 Å². The Hall–Kier alpha value is -1.20. The van der Waals surface area contributed by atoms with Crippen molar-refractivity contribution in [1.29, 1.82) is 0 Å². The fourth-order valence-corrected chi connectivity index (χ4v) is 2.31. The molecular weight excluding hydrogens is 240 g/mol. The van der Waals surface area contributed by atoms with Crippen LogP contribution in [0.15, 0.2) is 12.4 Å². The summed E-state index contributed by atoms with van der Waals surface area (Å²) in [4.78, 5) is 11.4. The van der Waals surface area contributed by atoms with Gasteiger partial charge >= 0.3 is 0 Å². The van der Waals surface area contributed by atoms with E-state index < -0.39 is 0 Å². The summed E-state index contributed by atoms with van der Waals surface area (Å²) in [6, 6.07) is 0.418. The average Bonchev–Trinajstić information content (AvgIpc) is 2.48. The molecule has 1 aromatic rings. The summed E-state index contributed by atoms with van der Waals surface area (Å²) in [6.07, 6.45) is 5.90. The third-order valence-corrected chi connectivity index (χ3v) is 3.40. The van der Waals surface area contributed by atoms with Crippen LogP contribution in [-0.2, 0) is 11.3 Å². The summed E-state index contributed by atoms with van der Waals surface area (Å²) in [5.74, 6) is 0.978. The van der Waals surface area contributed by atoms with E-state index in [4.69, 9.17) is 9.72 Å². The summed E-state index contributed by atoms with van der Waals surface area (Å²) in [5.41, 5.74) is 1.01. The molecule has 1 aromatic heterocycles. The molecule has 5 nitrogen and oxygen atoms in total. The molecule has 0 radical (unpaired) electrons. The second-order valence-corrected chi connectivity index (χ2v) is 4.88. The van der Waals surface area contributed by atoms with Crippen molar-refractivity contribution in [3.63, 3.8) is 0 Å². The summed E-state index contributed by atoms with van der Waals surface area (Å²) in [5, 5.41) is 3.36. The van der Waals surface area contributed by atoms with Crippen LogP contribution in [0.5, 0.6) is 0 Å². The Morgan fingerprint density at radius 3 is 3.11 bits per heavy atom. The van der Waals surface area contributed by atoms with Gasteiger partial charge in [-0.1, -0.05) is 13.8 Å². The number of anilines is 1. The highest BCUT2D eigenvalue weighted by atomic mass is 16.5. The molecule has 19 heavy (non-hydrogen) atoms. The molecule has 5 heteroatoms. The van der Waals surface area contributed by atoms with Gasteiger partial charge < -0.3 is 15.0 Å². The van der Waals surface area contributed by atoms with E-state index in [2.05, 4.69) is 29.0 Å². The van der Waals surface area contributed by atoms with Crippen LogP contribution in [0, 0.1) is 0 Å². The van der Waals surface area contributed by atoms with E-state index in [0.29, 0.717) is 6.04 Å². The average molecular weight is 264 g/mol. The fraction of sp³-hybridized carbons (Fsp3) is 0.714. The molecule has 0 spiro atoms. The molecule has 0 bridgehead atoms. The normalized spacial score (nSPS) is 19.7. The SMILES string of the molecule is CCCNCc1cncc(N2CCOCC2CC)n1. The van der Waals surface area contributed by atoms with E-state index in [1.54, 1.807) is 0 Å². The van der Waals surface area contributed by atoms with Gasteiger partial charge in [-0.2, -0.15) is 0 Å². The quantitative estimate of drug-likeness (QED) is 0.791. The maximum absolute atomic E-state index is 5.53. The largest absolute Gasteiger partial charge is 0.377 e. The maximum Gasteiger partial charge on any atom is 0.147 e. The zero-order valence-electron chi connectivity index (χ0n) is 11.9. The van der Waals surface area contributed by atoms with Crippen LogP contribution in [0.3, 0.4) is 0 Å². The van der Waals surface area contributed by atoms with Crippen molar-refractivity contribution < 1.29 is 4.74 Å². The molecule has 2 heterocycles. The van der Waals surface area contributed by atoms with E-state index >= 15 is 0 Å². The van der Waals surface area contributed by atoms with Gasteiger partial charge in [0.1, 0.15) is 5.82 Å². The monoisotopic (exact) mass is 264 g/mol. The first-order valence-corrected chi connectivity index (χ1v) is 7.21. The van der Waals surface area contributed by atoms with Gasteiger partial charge in [-0.05, 0) is 19.4 Å². The van der Waals surface area contributed by atoms with Gasteiger partial charge in [0.25, 0.3) is 0 Å². The van der Waals surface area contributed by atoms with E-state index in [1.807, 2.05) is 12.4 Å². The first-order valence-electron chi connectivity index (χ1n) is 7.21. The predicted molar refractivity (Wildman–Crippen MR) is 76.3 cm³/mol. The number of rotatable bonds is 6. The topological polar surface area (TPSA) is 50.3 Å². The third kappa shape index (κ3) is 3.88. The molecule has 1 saturated heterocycles. The van der Waals surface area contributed by atoms with Crippen LogP contribution in [0.4, 0.5) is 5.82 Å². The second kappa shape index (κ2) is 7.40. The molecule has 2 rings (SSSR count). The van der Waals surface area contributed by atoms with Crippen LogP contribution in [0.2, 0.25) is 0 Å². The van der Waals surface area contributed by atoms with Crippen molar-refractivity contribution in [2.75, 3.05) is 31.2 Å². The number of aromatic nitrogens is 2. The smallest absolute Gasteiger partial charge is 0.147 e. The van der Waals surface area contributed by atoms with Gasteiger partial charge in [-0.15, -0.1) is 0 Å². The summed E-state index contributed by atoms with van der Waals surface area (Å²) in [7, 11) is 0. The summed E-state index contributed by atoms with van der Waals surface area (Å²) in [6.45, 7) is 8.62. The van der Waals surface area contributed by atoms with Crippen molar-refractivity contribution in [2.24, 2.45) is 0 Å². The van der Waals surface area contributed by atoms with Crippen LogP contribution in [0.1, 0.15) is 32.4 Å². The van der Waals surface area contributed by atoms with Gasteiger partial charge in [0.15, 0.2) is 0 Å². The minimum Gasteiger partial charge on any atom is -0.377 e. The lowest BCUT2D eigenvalue weighted by Gasteiger charge is -2.35. The fourth-order valence-electron chi connectivity index (χ4n) is 2.31. The summed E-state index contributed by atoms with van der Waals surface area (Å²) < 4.78 is 5.53. The van der Waals surface area contributed by atoms with E-state index in [-0.39, 0.29) is 0 Å². The lowest BCUT2D eigenvalue weighted by atomic mass is 10.2. The molecule has 1 atom stereocenters. The lowest BCUT2D eigenvalue weighted by Crippen LogP contribution is -2.45. The molecule has 0 saturated carbocycles. The minimum absolute atomic E-state index is 0.418. The number of morpholine rings is 1. The number of hydrogen-bond donors (Lipinski definition) is 1. The highest BCUT2D eigenvalue weighted by Crippen LogP contribution is 2.18. The van der Waals surface area contributed by atoms with Crippen LogP contribution in [-0.4, -0.2) is 42.3 Å². The van der Waals surface area contributed by atoms with Gasteiger partial charge in [0.05, 0.1) is 31.1 Å². The molecule has 0 aromatic carbocycles. The molecule has 106 valence electrons. The minimum atomic E-state index is 0.418. The van der Waals surface area contributed by atoms with E-state index in [1.165, 1.54) is 0 Å². The Kier molecular flexibility index (Phi) is 5.54. The summed E-state index contributed by atoms with van der Waals surface area (Å²) >= 11 is 0. The van der Waals surface area contributed by atoms with Crippen LogP contribution < -0.4 is 10.2 Å². The molecule has 1 aliphatic rings. The van der Waals surface area contributed by atoms with Crippen molar-refractivity contribution in [2.45, 2.75) is 39.3 Å². The van der Waals surface area contributed by atoms with Crippen LogP contribution >= 0.6 is 0 Å². The number of nitrogens with zero attached hydrogens (tertiary/aromatic N) is 3. The Morgan fingerprint density at radius 1 is 1.42 bits per heavy atom. The van der Waals surface area contributed by atoms with Crippen molar-refractivity contribution >= 4 is 5.82 Å². The van der Waals surface area contributed by atoms with Crippen LogP contribution in [0.25, 0.3) is 0 Å². The molecule has 1 N–H and O–H groups in total. The number of hydrogen-bond acceptors (Lipinski definition) is 5. The standard InChI is InChI=1S/C14H24N4O/c1-3-5-15-8-12-9-16-10-14(17-12)18-6-7-19-11-13(18)4-2/h9-10,13,15H,3-8,11H2,1-2H3. The van der Waals surface area contributed by atoms with Crippen molar-refractivity contribution in [1.82, 2.24) is 15.3 Å². The Balaban J connectivity index is 2.04. The van der Waals surface area contributed by atoms with Crippen molar-refractivity contribution in [3.05, 3.63) is 18.1 Å². The zero-order chi connectivity index (χ0) is 13.5. The van der Waals surface area contributed by atoms with Gasteiger partial charge in [-0.25, -0.2) is 4.98 Å². The Morgan fingerprint density at radius 2 is 2.32 bits per heavy atom. The van der Waals surface area contributed by atoms with Crippen molar-refractivity contribution in [3.8, 4) is 0 Å². The molecule has 1 unspecified atom stereocenters. The predicted octanol–water partition coefficient (Wildman–Crippen LogP) is 1.59. The lowest BCUT2D eigenvalue weighted by molar-refractivity contribution is 0.0925. The van der Waals surface area contributed by atoms with Gasteiger partial charge in [0, 0.05) is 19.3 Å². The van der Waals surface area contributed by atoms with E-state index in [0.717, 1.165) is 57.2 Å². The maximum atomic E-state index is 5.53. The second-order valence-electron chi connectivity index (χ2n) is 4.88. The zero-order valence-corrected chi connectivity index (χ0v) is 11.9. The van der Waals surface area contributed by atoms with Gasteiger partial charge in [-0.3, -0.25) is 4.98 Å². The Labute approximate surface area is 115 Å². The first-order chi connectivity index (χ1) is 9.35. The van der Waals surface area contributed by atoms with Gasteiger partial charge in [0.2, 0.25) is 0 Å². The highest BCUT2D eigenvalue weighted by molar-refractivity contribution is 5.38. The molecule has 1 aliphatic heterocycles. The molecule has 0 aliphatic carbocycles. The molecule has 1 fully saturated rings. The first kappa shape index (κ1) is 14.2. The number of ether oxygens (including phenoxy) is 1. The highest BCUT2D eigenvalue weighted by Gasteiger charge is 2.22. The third-order valence-electron chi connectivity index (χ3n) is 3.40.